The molecule has 0 aliphatic carbocycles. The summed E-state index contributed by atoms with van der Waals surface area (Å²) in [6, 6.07) is 0. The molecule has 0 aliphatic heterocycles. The molecule has 0 saturated carbocycles. The molecule has 0 spiro atoms. The van der Waals surface area contributed by atoms with E-state index in [0.29, 0.717) is 6.54 Å². The van der Waals surface area contributed by atoms with Crippen molar-refractivity contribution in [1.82, 2.24) is 4.72 Å². The van der Waals surface area contributed by atoms with E-state index in [1.54, 1.807) is 25.2 Å². The molecule has 5 heteroatoms. The fraction of sp³-hybridized carbons (Fsp3) is 0.556. The van der Waals surface area contributed by atoms with Crippen LogP contribution in [0.25, 0.3) is 0 Å². The van der Waals surface area contributed by atoms with Gasteiger partial charge in [0.05, 0.1) is 5.25 Å². The Hall–Kier alpha value is -0.390. The highest BCUT2D eigenvalue weighted by Crippen LogP contribution is 2.13. The highest BCUT2D eigenvalue weighted by atomic mass is 32.2. The molecule has 3 nitrogen and oxygen atoms in total. The largest absolute Gasteiger partial charge is 0.214 e. The predicted molar refractivity (Wildman–Crippen MR) is 60.0 cm³/mol. The van der Waals surface area contributed by atoms with E-state index in [1.165, 1.54) is 0 Å². The van der Waals surface area contributed by atoms with Crippen LogP contribution < -0.4 is 4.72 Å². The molecule has 0 aromatic carbocycles. The van der Waals surface area contributed by atoms with Crippen molar-refractivity contribution in [2.75, 3.05) is 0 Å². The molecule has 0 radical (unpaired) electrons. The number of aryl methyl sites for hydroxylation is 1. The minimum atomic E-state index is -3.14. The first-order chi connectivity index (χ1) is 6.43. The fourth-order valence-corrected chi connectivity index (χ4v) is 2.46. The topological polar surface area (TPSA) is 46.2 Å². The Balaban J connectivity index is 2.62. The van der Waals surface area contributed by atoms with Crippen molar-refractivity contribution in [3.63, 3.8) is 0 Å². The van der Waals surface area contributed by atoms with Crippen molar-refractivity contribution >= 4 is 21.4 Å². The molecule has 0 saturated heterocycles. The summed E-state index contributed by atoms with van der Waals surface area (Å²) in [7, 11) is -3.14. The zero-order valence-electron chi connectivity index (χ0n) is 8.57. The van der Waals surface area contributed by atoms with Gasteiger partial charge < -0.3 is 0 Å². The highest BCUT2D eigenvalue weighted by molar-refractivity contribution is 7.90. The van der Waals surface area contributed by atoms with Crippen molar-refractivity contribution in [2.24, 2.45) is 0 Å². The van der Waals surface area contributed by atoms with Crippen molar-refractivity contribution in [2.45, 2.75) is 32.6 Å². The van der Waals surface area contributed by atoms with Gasteiger partial charge >= 0.3 is 0 Å². The van der Waals surface area contributed by atoms with Gasteiger partial charge in [-0.05, 0) is 42.7 Å². The van der Waals surface area contributed by atoms with Crippen LogP contribution in [0, 0.1) is 6.92 Å². The van der Waals surface area contributed by atoms with E-state index in [2.05, 4.69) is 4.72 Å². The first-order valence-electron chi connectivity index (χ1n) is 4.43. The number of thiophene rings is 1. The van der Waals surface area contributed by atoms with E-state index in [0.717, 1.165) is 11.1 Å². The lowest BCUT2D eigenvalue weighted by atomic mass is 10.2. The lowest BCUT2D eigenvalue weighted by Crippen LogP contribution is -2.30. The molecule has 80 valence electrons. The van der Waals surface area contributed by atoms with Crippen LogP contribution in [0.3, 0.4) is 0 Å². The highest BCUT2D eigenvalue weighted by Gasteiger charge is 2.15. The van der Waals surface area contributed by atoms with Crippen molar-refractivity contribution in [3.05, 3.63) is 21.9 Å². The van der Waals surface area contributed by atoms with E-state index in [1.807, 2.05) is 17.7 Å². The quantitative estimate of drug-likeness (QED) is 0.863. The molecule has 1 N–H and O–H groups in total. The van der Waals surface area contributed by atoms with Gasteiger partial charge in [0, 0.05) is 6.54 Å². The Morgan fingerprint density at radius 1 is 1.43 bits per heavy atom. The molecule has 0 fully saturated rings. The van der Waals surface area contributed by atoms with E-state index in [9.17, 15) is 8.42 Å². The number of hydrogen-bond acceptors (Lipinski definition) is 3. The molecule has 0 unspecified atom stereocenters. The molecular weight excluding hydrogens is 218 g/mol. The van der Waals surface area contributed by atoms with Gasteiger partial charge in [0.2, 0.25) is 10.0 Å². The van der Waals surface area contributed by atoms with Crippen LogP contribution in [-0.4, -0.2) is 13.7 Å². The third-order valence-electron chi connectivity index (χ3n) is 2.05. The standard InChI is InChI=1S/C9H15NO2S2/c1-7(2)14(11,12)10-4-9-6-13-5-8(9)3/h5-7,10H,4H2,1-3H3. The fourth-order valence-electron chi connectivity index (χ4n) is 0.913. The van der Waals surface area contributed by atoms with Crippen LogP contribution in [0.1, 0.15) is 25.0 Å². The Kier molecular flexibility index (Phi) is 3.69. The van der Waals surface area contributed by atoms with Gasteiger partial charge in [0.1, 0.15) is 0 Å². The minimum Gasteiger partial charge on any atom is -0.212 e. The maximum Gasteiger partial charge on any atom is 0.214 e. The number of rotatable bonds is 4. The van der Waals surface area contributed by atoms with Gasteiger partial charge in [0.15, 0.2) is 0 Å². The molecule has 1 heterocycles. The number of sulfonamides is 1. The summed E-state index contributed by atoms with van der Waals surface area (Å²) in [5.74, 6) is 0. The molecule has 14 heavy (non-hydrogen) atoms. The first kappa shape index (κ1) is 11.7. The summed E-state index contributed by atoms with van der Waals surface area (Å²) in [5, 5.41) is 3.61. The summed E-state index contributed by atoms with van der Waals surface area (Å²) < 4.78 is 25.4. The summed E-state index contributed by atoms with van der Waals surface area (Å²) in [6.07, 6.45) is 0. The maximum absolute atomic E-state index is 11.4. The van der Waals surface area contributed by atoms with Crippen LogP contribution in [-0.2, 0) is 16.6 Å². The Morgan fingerprint density at radius 3 is 2.50 bits per heavy atom. The van der Waals surface area contributed by atoms with Gasteiger partial charge in [-0.25, -0.2) is 13.1 Å². The predicted octanol–water partition coefficient (Wildman–Crippen LogP) is 1.88. The Labute approximate surface area is 89.2 Å². The van der Waals surface area contributed by atoms with E-state index in [-0.39, 0.29) is 5.25 Å². The van der Waals surface area contributed by atoms with Crippen LogP contribution >= 0.6 is 11.3 Å². The van der Waals surface area contributed by atoms with Crippen molar-refractivity contribution < 1.29 is 8.42 Å². The monoisotopic (exact) mass is 233 g/mol. The molecular formula is C9H15NO2S2. The smallest absolute Gasteiger partial charge is 0.212 e. The molecule has 0 aliphatic rings. The van der Waals surface area contributed by atoms with Gasteiger partial charge in [-0.3, -0.25) is 0 Å². The summed E-state index contributed by atoms with van der Waals surface area (Å²) in [4.78, 5) is 0. The van der Waals surface area contributed by atoms with Gasteiger partial charge in [0.25, 0.3) is 0 Å². The van der Waals surface area contributed by atoms with Gasteiger partial charge in [-0.15, -0.1) is 0 Å². The molecule has 0 atom stereocenters. The molecule has 0 bridgehead atoms. The average molecular weight is 233 g/mol. The minimum absolute atomic E-state index is 0.374. The maximum atomic E-state index is 11.4. The second-order valence-electron chi connectivity index (χ2n) is 3.49. The lowest BCUT2D eigenvalue weighted by Gasteiger charge is -2.08. The summed E-state index contributed by atoms with van der Waals surface area (Å²) >= 11 is 1.59. The normalized spacial score (nSPS) is 12.3. The molecule has 0 amide bonds. The number of nitrogens with one attached hydrogen (secondary N) is 1. The third kappa shape index (κ3) is 2.80. The van der Waals surface area contributed by atoms with Crippen molar-refractivity contribution in [1.29, 1.82) is 0 Å². The zero-order valence-corrected chi connectivity index (χ0v) is 10.2. The van der Waals surface area contributed by atoms with E-state index >= 15 is 0 Å². The SMILES string of the molecule is Cc1cscc1CNS(=O)(=O)C(C)C. The van der Waals surface area contributed by atoms with Gasteiger partial charge in [-0.2, -0.15) is 11.3 Å². The molecule has 1 aromatic heterocycles. The van der Waals surface area contributed by atoms with E-state index in [4.69, 9.17) is 0 Å². The van der Waals surface area contributed by atoms with E-state index < -0.39 is 10.0 Å². The Morgan fingerprint density at radius 2 is 2.07 bits per heavy atom. The van der Waals surface area contributed by atoms with Crippen LogP contribution in [0.5, 0.6) is 0 Å². The second kappa shape index (κ2) is 4.42. The second-order valence-corrected chi connectivity index (χ2v) is 6.56. The van der Waals surface area contributed by atoms with Crippen molar-refractivity contribution in [3.8, 4) is 0 Å². The lowest BCUT2D eigenvalue weighted by molar-refractivity contribution is 0.572. The van der Waals surface area contributed by atoms with Crippen LogP contribution in [0.2, 0.25) is 0 Å². The molecule has 1 aromatic rings. The zero-order chi connectivity index (χ0) is 10.8. The first-order valence-corrected chi connectivity index (χ1v) is 6.92. The number of hydrogen-bond donors (Lipinski definition) is 1. The van der Waals surface area contributed by atoms with Gasteiger partial charge in [-0.1, -0.05) is 0 Å². The summed E-state index contributed by atoms with van der Waals surface area (Å²) in [6.45, 7) is 5.72. The van der Waals surface area contributed by atoms with Crippen LogP contribution in [0.4, 0.5) is 0 Å². The van der Waals surface area contributed by atoms with Crippen LogP contribution in [0.15, 0.2) is 10.8 Å². The Bertz CT molecular complexity index is 393. The average Bonchev–Trinajstić information content (AvgIpc) is 2.47. The molecule has 1 rings (SSSR count). The third-order valence-corrected chi connectivity index (χ3v) is 4.74. The summed E-state index contributed by atoms with van der Waals surface area (Å²) in [5.41, 5.74) is 2.20.